The molecule has 0 bridgehead atoms. The van der Waals surface area contributed by atoms with Crippen LogP contribution in [0.3, 0.4) is 0 Å². The summed E-state index contributed by atoms with van der Waals surface area (Å²) in [4.78, 5) is 6.23. The zero-order valence-electron chi connectivity index (χ0n) is 15.6. The lowest BCUT2D eigenvalue weighted by molar-refractivity contribution is 0.307. The van der Waals surface area contributed by atoms with Crippen molar-refractivity contribution < 1.29 is 8.42 Å². The van der Waals surface area contributed by atoms with Crippen molar-refractivity contribution >= 4 is 38.9 Å². The first-order valence-corrected chi connectivity index (χ1v) is 11.2. The van der Waals surface area contributed by atoms with Crippen molar-refractivity contribution in [2.24, 2.45) is 0 Å². The van der Waals surface area contributed by atoms with Crippen LogP contribution in [0.25, 0.3) is 5.69 Å². The Balaban J connectivity index is 1.57. The molecule has 2 heterocycles. The Labute approximate surface area is 179 Å². The summed E-state index contributed by atoms with van der Waals surface area (Å²) < 4.78 is 29.7. The van der Waals surface area contributed by atoms with Crippen LogP contribution in [0.2, 0.25) is 10.0 Å². The van der Waals surface area contributed by atoms with E-state index < -0.39 is 10.0 Å². The highest BCUT2D eigenvalue weighted by Gasteiger charge is 2.34. The molecule has 0 spiro atoms. The summed E-state index contributed by atoms with van der Waals surface area (Å²) in [7, 11) is -3.66. The van der Waals surface area contributed by atoms with Gasteiger partial charge < -0.3 is 4.90 Å². The molecule has 0 aliphatic carbocycles. The minimum atomic E-state index is -3.66. The smallest absolute Gasteiger partial charge is 0.243 e. The van der Waals surface area contributed by atoms with E-state index in [1.165, 1.54) is 21.6 Å². The second-order valence-corrected chi connectivity index (χ2v) is 9.58. The third kappa shape index (κ3) is 3.98. The lowest BCUT2D eigenvalue weighted by Crippen LogP contribution is -2.54. The van der Waals surface area contributed by atoms with E-state index in [0.717, 1.165) is 5.69 Å². The fourth-order valence-corrected chi connectivity index (χ4v) is 5.70. The molecule has 0 unspecified atom stereocenters. The second kappa shape index (κ2) is 7.95. The molecule has 29 heavy (non-hydrogen) atoms. The molecule has 152 valence electrons. The first-order chi connectivity index (χ1) is 13.9. The predicted molar refractivity (Wildman–Crippen MR) is 113 cm³/mol. The zero-order valence-corrected chi connectivity index (χ0v) is 17.9. The molecule has 2 aromatic carbocycles. The van der Waals surface area contributed by atoms with Gasteiger partial charge in [0.2, 0.25) is 10.0 Å². The third-order valence-electron chi connectivity index (χ3n) is 4.92. The summed E-state index contributed by atoms with van der Waals surface area (Å²) in [5.41, 5.74) is 1.50. The number of halogens is 2. The van der Waals surface area contributed by atoms with Gasteiger partial charge in [-0.15, -0.1) is 0 Å². The summed E-state index contributed by atoms with van der Waals surface area (Å²) in [6.07, 6.45) is 2.94. The van der Waals surface area contributed by atoms with E-state index in [1.807, 2.05) is 13.0 Å². The quantitative estimate of drug-likeness (QED) is 0.606. The van der Waals surface area contributed by atoms with E-state index in [4.69, 9.17) is 23.2 Å². The van der Waals surface area contributed by atoms with Crippen molar-refractivity contribution in [3.8, 4) is 5.69 Å². The summed E-state index contributed by atoms with van der Waals surface area (Å²) in [5.74, 6) is 0. The van der Waals surface area contributed by atoms with Crippen LogP contribution in [0.15, 0.2) is 60.0 Å². The van der Waals surface area contributed by atoms with Gasteiger partial charge in [0.15, 0.2) is 0 Å². The molecule has 0 radical (unpaired) electrons. The molecule has 1 fully saturated rings. The van der Waals surface area contributed by atoms with Gasteiger partial charge in [0, 0.05) is 30.7 Å². The van der Waals surface area contributed by atoms with Crippen LogP contribution in [-0.4, -0.2) is 53.2 Å². The van der Waals surface area contributed by atoms with Crippen LogP contribution in [0.1, 0.15) is 6.92 Å². The largest absolute Gasteiger partial charge is 0.367 e. The molecule has 1 saturated heterocycles. The molecule has 10 heteroatoms. The van der Waals surface area contributed by atoms with Crippen molar-refractivity contribution in [1.29, 1.82) is 0 Å². The molecule has 1 aliphatic rings. The maximum absolute atomic E-state index is 13.3. The molecule has 0 N–H and O–H groups in total. The monoisotopic (exact) mass is 451 g/mol. The number of hydrogen-bond donors (Lipinski definition) is 0. The molecular formula is C19H19Cl2N5O2S. The lowest BCUT2D eigenvalue weighted by Gasteiger charge is -2.40. The Morgan fingerprint density at radius 2 is 1.93 bits per heavy atom. The average molecular weight is 452 g/mol. The van der Waals surface area contributed by atoms with E-state index in [2.05, 4.69) is 15.0 Å². The van der Waals surface area contributed by atoms with Crippen molar-refractivity contribution in [2.45, 2.75) is 17.9 Å². The summed E-state index contributed by atoms with van der Waals surface area (Å²) >= 11 is 12.3. The topological polar surface area (TPSA) is 71.3 Å². The Hall–Kier alpha value is -2.13. The highest BCUT2D eigenvalue weighted by Crippen LogP contribution is 2.31. The fraction of sp³-hybridized carbons (Fsp3) is 0.263. The van der Waals surface area contributed by atoms with Crippen molar-refractivity contribution in [1.82, 2.24) is 19.1 Å². The van der Waals surface area contributed by atoms with Crippen molar-refractivity contribution in [3.63, 3.8) is 0 Å². The predicted octanol–water partition coefficient (Wildman–Crippen LogP) is 3.47. The number of sulfonamides is 1. The molecule has 7 nitrogen and oxygen atoms in total. The van der Waals surface area contributed by atoms with Gasteiger partial charge in [-0.2, -0.15) is 9.40 Å². The Morgan fingerprint density at radius 3 is 2.62 bits per heavy atom. The van der Waals surface area contributed by atoms with Crippen molar-refractivity contribution in [3.05, 3.63) is 65.2 Å². The first kappa shape index (κ1) is 20.2. The highest BCUT2D eigenvalue weighted by atomic mass is 35.5. The lowest BCUT2D eigenvalue weighted by atomic mass is 10.2. The minimum absolute atomic E-state index is 0.226. The van der Waals surface area contributed by atoms with Crippen LogP contribution in [0.5, 0.6) is 0 Å². The van der Waals surface area contributed by atoms with Crippen LogP contribution in [0, 0.1) is 0 Å². The Kier molecular flexibility index (Phi) is 5.52. The van der Waals surface area contributed by atoms with E-state index in [9.17, 15) is 8.42 Å². The molecule has 1 aromatic heterocycles. The SMILES string of the molecule is C[C@@H]1CN(c2ccc(Cl)cc2Cl)CCN1S(=O)(=O)c1cccc(-n2cncn2)c1. The van der Waals surface area contributed by atoms with Gasteiger partial charge in [-0.3, -0.25) is 0 Å². The first-order valence-electron chi connectivity index (χ1n) is 9.03. The fourth-order valence-electron chi connectivity index (χ4n) is 3.52. The number of hydrogen-bond acceptors (Lipinski definition) is 5. The number of rotatable bonds is 4. The molecule has 3 aromatic rings. The summed E-state index contributed by atoms with van der Waals surface area (Å²) in [6, 6.07) is 11.8. The normalized spacial score (nSPS) is 18.2. The third-order valence-corrected chi connectivity index (χ3v) is 7.47. The van der Waals surface area contributed by atoms with Crippen LogP contribution in [0.4, 0.5) is 5.69 Å². The van der Waals surface area contributed by atoms with Crippen LogP contribution < -0.4 is 4.90 Å². The molecule has 0 amide bonds. The number of piperazine rings is 1. The number of nitrogens with zero attached hydrogens (tertiary/aromatic N) is 5. The number of aromatic nitrogens is 3. The average Bonchev–Trinajstić information content (AvgIpc) is 3.23. The number of anilines is 1. The maximum Gasteiger partial charge on any atom is 0.243 e. The Morgan fingerprint density at radius 1 is 1.10 bits per heavy atom. The van der Waals surface area contributed by atoms with E-state index in [-0.39, 0.29) is 10.9 Å². The van der Waals surface area contributed by atoms with Gasteiger partial charge in [0.1, 0.15) is 12.7 Å². The standard InChI is InChI=1S/C19H19Cl2N5O2S/c1-14-11-24(19-6-5-15(20)9-18(19)21)7-8-26(14)29(27,28)17-4-2-3-16(10-17)25-13-22-12-23-25/h2-6,9-10,12-14H,7-8,11H2,1H3/t14-/m1/s1. The van der Waals surface area contributed by atoms with E-state index in [0.29, 0.717) is 35.4 Å². The van der Waals surface area contributed by atoms with E-state index >= 15 is 0 Å². The second-order valence-electron chi connectivity index (χ2n) is 6.84. The maximum atomic E-state index is 13.3. The van der Waals surface area contributed by atoms with Gasteiger partial charge in [0.05, 0.1) is 21.3 Å². The summed E-state index contributed by atoms with van der Waals surface area (Å²) in [5, 5.41) is 5.19. The van der Waals surface area contributed by atoms with Gasteiger partial charge in [-0.1, -0.05) is 29.3 Å². The van der Waals surface area contributed by atoms with Gasteiger partial charge in [-0.05, 0) is 43.3 Å². The Bertz CT molecular complexity index is 1120. The summed E-state index contributed by atoms with van der Waals surface area (Å²) in [6.45, 7) is 3.32. The van der Waals surface area contributed by atoms with Crippen LogP contribution in [-0.2, 0) is 10.0 Å². The van der Waals surface area contributed by atoms with E-state index in [1.54, 1.807) is 36.4 Å². The van der Waals surface area contributed by atoms with Crippen LogP contribution >= 0.6 is 23.2 Å². The van der Waals surface area contributed by atoms with Gasteiger partial charge >= 0.3 is 0 Å². The molecule has 1 aliphatic heterocycles. The molecule has 4 rings (SSSR count). The van der Waals surface area contributed by atoms with Crippen molar-refractivity contribution in [2.75, 3.05) is 24.5 Å². The molecule has 0 saturated carbocycles. The van der Waals surface area contributed by atoms with Gasteiger partial charge in [-0.25, -0.2) is 18.1 Å². The molecular weight excluding hydrogens is 433 g/mol. The minimum Gasteiger partial charge on any atom is -0.367 e. The molecule has 1 atom stereocenters. The highest BCUT2D eigenvalue weighted by molar-refractivity contribution is 7.89. The number of benzene rings is 2. The zero-order chi connectivity index (χ0) is 20.6. The van der Waals surface area contributed by atoms with Gasteiger partial charge in [0.25, 0.3) is 0 Å².